The van der Waals surface area contributed by atoms with Crippen molar-refractivity contribution in [2.75, 3.05) is 7.11 Å². The third-order valence-electron chi connectivity index (χ3n) is 4.90. The van der Waals surface area contributed by atoms with E-state index in [4.69, 9.17) is 0 Å². The Kier molecular flexibility index (Phi) is 6.49. The first kappa shape index (κ1) is 21.8. The molecule has 4 rings (SSSR count). The van der Waals surface area contributed by atoms with Gasteiger partial charge in [0.05, 0.1) is 19.2 Å². The fourth-order valence-corrected chi connectivity index (χ4v) is 3.14. The van der Waals surface area contributed by atoms with Gasteiger partial charge in [0, 0.05) is 17.7 Å². The Morgan fingerprint density at radius 1 is 0.970 bits per heavy atom. The topological polar surface area (TPSA) is 99.0 Å². The van der Waals surface area contributed by atoms with E-state index in [0.717, 1.165) is 11.1 Å². The number of nitrogens with zero attached hydrogens (tertiary/aromatic N) is 4. The van der Waals surface area contributed by atoms with Crippen LogP contribution >= 0.6 is 0 Å². The molecule has 4 aromatic rings. The van der Waals surface area contributed by atoms with Crippen LogP contribution in [0, 0.1) is 5.82 Å². The molecule has 0 aliphatic rings. The molecular formula is C24H20FN5O3. The zero-order chi connectivity index (χ0) is 23.2. The largest absolute Gasteiger partial charge is 0.465 e. The average molecular weight is 445 g/mol. The Balaban J connectivity index is 1.40. The van der Waals surface area contributed by atoms with E-state index >= 15 is 0 Å². The van der Waals surface area contributed by atoms with Crippen molar-refractivity contribution in [3.05, 3.63) is 101 Å². The van der Waals surface area contributed by atoms with Gasteiger partial charge in [-0.1, -0.05) is 36.4 Å². The number of methoxy groups -OCH3 is 1. The molecule has 0 bridgehead atoms. The summed E-state index contributed by atoms with van der Waals surface area (Å²) in [7, 11) is 1.33. The van der Waals surface area contributed by atoms with E-state index in [0.29, 0.717) is 35.6 Å². The van der Waals surface area contributed by atoms with Crippen molar-refractivity contribution in [2.24, 2.45) is 0 Å². The molecule has 0 aliphatic carbocycles. The Bertz CT molecular complexity index is 1270. The summed E-state index contributed by atoms with van der Waals surface area (Å²) in [6.07, 6.45) is 0. The molecule has 1 aromatic heterocycles. The zero-order valence-electron chi connectivity index (χ0n) is 17.7. The van der Waals surface area contributed by atoms with E-state index in [2.05, 4.69) is 25.5 Å². The number of tetrazole rings is 1. The van der Waals surface area contributed by atoms with E-state index in [1.54, 1.807) is 60.7 Å². The standard InChI is InChI=1S/C24H20FN5O3/c1-33-24(32)18-9-5-16(6-10-18)14-26-23(31)20-4-2-3-19(13-20)22-27-29-30(28-22)15-17-7-11-21(25)12-8-17/h2-13H,14-15H2,1H3,(H,26,31). The fraction of sp³-hybridized carbons (Fsp3) is 0.125. The van der Waals surface area contributed by atoms with Crippen LogP contribution in [0.4, 0.5) is 4.39 Å². The number of benzene rings is 3. The van der Waals surface area contributed by atoms with Crippen LogP contribution in [0.2, 0.25) is 0 Å². The normalized spacial score (nSPS) is 10.6. The monoisotopic (exact) mass is 445 g/mol. The van der Waals surface area contributed by atoms with Crippen molar-refractivity contribution in [3.63, 3.8) is 0 Å². The number of carbonyl (C=O) groups excluding carboxylic acids is 2. The molecule has 0 unspecified atom stereocenters. The predicted octanol–water partition coefficient (Wildman–Crippen LogP) is 3.24. The van der Waals surface area contributed by atoms with Crippen LogP contribution < -0.4 is 5.32 Å². The van der Waals surface area contributed by atoms with Crippen LogP contribution in [-0.2, 0) is 17.8 Å². The van der Waals surface area contributed by atoms with Gasteiger partial charge < -0.3 is 10.1 Å². The number of esters is 1. The van der Waals surface area contributed by atoms with Crippen LogP contribution in [0.25, 0.3) is 11.4 Å². The number of hydrogen-bond acceptors (Lipinski definition) is 6. The molecule has 0 radical (unpaired) electrons. The molecule has 1 amide bonds. The average Bonchev–Trinajstić information content (AvgIpc) is 3.32. The molecule has 3 aromatic carbocycles. The maximum absolute atomic E-state index is 13.1. The molecule has 0 fully saturated rings. The fourth-order valence-electron chi connectivity index (χ4n) is 3.14. The molecule has 0 saturated carbocycles. The molecule has 33 heavy (non-hydrogen) atoms. The maximum Gasteiger partial charge on any atom is 0.337 e. The number of amides is 1. The number of nitrogens with one attached hydrogen (secondary N) is 1. The van der Waals surface area contributed by atoms with Gasteiger partial charge in [-0.25, -0.2) is 9.18 Å². The number of ether oxygens (including phenoxy) is 1. The quantitative estimate of drug-likeness (QED) is 0.439. The molecule has 8 nitrogen and oxygen atoms in total. The van der Waals surface area contributed by atoms with Crippen LogP contribution in [0.1, 0.15) is 31.8 Å². The summed E-state index contributed by atoms with van der Waals surface area (Å²) in [5.74, 6) is -0.595. The van der Waals surface area contributed by atoms with Crippen molar-refractivity contribution >= 4 is 11.9 Å². The number of carbonyl (C=O) groups is 2. The smallest absolute Gasteiger partial charge is 0.337 e. The SMILES string of the molecule is COC(=O)c1ccc(CNC(=O)c2cccc(-c3nnn(Cc4ccc(F)cc4)n3)c2)cc1. The summed E-state index contributed by atoms with van der Waals surface area (Å²) in [4.78, 5) is 25.5. The summed E-state index contributed by atoms with van der Waals surface area (Å²) < 4.78 is 17.7. The number of aromatic nitrogens is 4. The maximum atomic E-state index is 13.1. The van der Waals surface area contributed by atoms with Crippen molar-refractivity contribution in [1.29, 1.82) is 0 Å². The van der Waals surface area contributed by atoms with Gasteiger partial charge in [0.25, 0.3) is 5.91 Å². The van der Waals surface area contributed by atoms with Crippen LogP contribution in [0.15, 0.2) is 72.8 Å². The van der Waals surface area contributed by atoms with Crippen LogP contribution in [0.5, 0.6) is 0 Å². The summed E-state index contributed by atoms with van der Waals surface area (Å²) in [6, 6.07) is 19.8. The number of rotatable bonds is 7. The van der Waals surface area contributed by atoms with Crippen LogP contribution in [0.3, 0.4) is 0 Å². The van der Waals surface area contributed by atoms with E-state index in [9.17, 15) is 14.0 Å². The van der Waals surface area contributed by atoms with Gasteiger partial charge in [-0.15, -0.1) is 10.2 Å². The van der Waals surface area contributed by atoms with Gasteiger partial charge in [0.15, 0.2) is 0 Å². The van der Waals surface area contributed by atoms with Gasteiger partial charge in [-0.2, -0.15) is 4.80 Å². The second-order valence-electron chi connectivity index (χ2n) is 7.22. The second kappa shape index (κ2) is 9.82. The molecule has 0 aliphatic heterocycles. The van der Waals surface area contributed by atoms with Gasteiger partial charge in [-0.3, -0.25) is 4.79 Å². The molecule has 1 heterocycles. The summed E-state index contributed by atoms with van der Waals surface area (Å²) in [5, 5.41) is 15.3. The van der Waals surface area contributed by atoms with Crippen molar-refractivity contribution in [2.45, 2.75) is 13.1 Å². The van der Waals surface area contributed by atoms with Crippen molar-refractivity contribution in [3.8, 4) is 11.4 Å². The van der Waals surface area contributed by atoms with Gasteiger partial charge in [0.2, 0.25) is 5.82 Å². The van der Waals surface area contributed by atoms with E-state index in [-0.39, 0.29) is 11.7 Å². The molecule has 166 valence electrons. The minimum atomic E-state index is -0.411. The highest BCUT2D eigenvalue weighted by molar-refractivity contribution is 5.95. The molecule has 0 saturated heterocycles. The third kappa shape index (κ3) is 5.45. The first-order chi connectivity index (χ1) is 16.0. The van der Waals surface area contributed by atoms with E-state index in [1.165, 1.54) is 24.0 Å². The van der Waals surface area contributed by atoms with Crippen LogP contribution in [-0.4, -0.2) is 39.2 Å². The Morgan fingerprint density at radius 2 is 1.70 bits per heavy atom. The Labute approximate surface area is 189 Å². The summed E-state index contributed by atoms with van der Waals surface area (Å²) in [5.41, 5.74) is 3.23. The summed E-state index contributed by atoms with van der Waals surface area (Å²) in [6.45, 7) is 0.652. The minimum absolute atomic E-state index is 0.257. The highest BCUT2D eigenvalue weighted by Gasteiger charge is 2.11. The second-order valence-corrected chi connectivity index (χ2v) is 7.22. The highest BCUT2D eigenvalue weighted by Crippen LogP contribution is 2.16. The van der Waals surface area contributed by atoms with Gasteiger partial charge >= 0.3 is 5.97 Å². The zero-order valence-corrected chi connectivity index (χ0v) is 17.7. The highest BCUT2D eigenvalue weighted by atomic mass is 19.1. The lowest BCUT2D eigenvalue weighted by atomic mass is 10.1. The molecular weight excluding hydrogens is 425 g/mol. The first-order valence-corrected chi connectivity index (χ1v) is 10.1. The molecule has 9 heteroatoms. The predicted molar refractivity (Wildman–Crippen MR) is 118 cm³/mol. The van der Waals surface area contributed by atoms with E-state index in [1.807, 2.05) is 0 Å². The van der Waals surface area contributed by atoms with Crippen molar-refractivity contribution in [1.82, 2.24) is 25.5 Å². The number of hydrogen-bond donors (Lipinski definition) is 1. The summed E-state index contributed by atoms with van der Waals surface area (Å²) >= 11 is 0. The van der Waals surface area contributed by atoms with Gasteiger partial charge in [0.1, 0.15) is 5.82 Å². The van der Waals surface area contributed by atoms with Crippen molar-refractivity contribution < 1.29 is 18.7 Å². The lowest BCUT2D eigenvalue weighted by molar-refractivity contribution is 0.0600. The lowest BCUT2D eigenvalue weighted by Gasteiger charge is -2.07. The first-order valence-electron chi connectivity index (χ1n) is 10.1. The Hall–Kier alpha value is -4.40. The number of halogens is 1. The van der Waals surface area contributed by atoms with E-state index < -0.39 is 5.97 Å². The lowest BCUT2D eigenvalue weighted by Crippen LogP contribution is -2.22. The van der Waals surface area contributed by atoms with Gasteiger partial charge in [-0.05, 0) is 52.7 Å². The molecule has 1 N–H and O–H groups in total. The Morgan fingerprint density at radius 3 is 2.42 bits per heavy atom. The minimum Gasteiger partial charge on any atom is -0.465 e. The molecule has 0 atom stereocenters. The molecule has 0 spiro atoms. The third-order valence-corrected chi connectivity index (χ3v) is 4.90.